The Morgan fingerprint density at radius 2 is 1.73 bits per heavy atom. The van der Waals surface area contributed by atoms with Crippen molar-refractivity contribution in [2.45, 2.75) is 64.3 Å². The first-order valence-corrected chi connectivity index (χ1v) is 14.3. The fraction of sp³-hybridized carbons (Fsp3) is 0.769. The van der Waals surface area contributed by atoms with Crippen LogP contribution in [0.5, 0.6) is 0 Å². The van der Waals surface area contributed by atoms with Crippen molar-refractivity contribution in [1.29, 1.82) is 0 Å². The van der Waals surface area contributed by atoms with E-state index in [1.165, 1.54) is 49.7 Å². The monoisotopic (exact) mass is 487 g/mol. The number of methoxy groups -OCH3 is 1. The Labute approximate surface area is 207 Å². The summed E-state index contributed by atoms with van der Waals surface area (Å²) >= 11 is 7.55. The number of rotatable bonds is 3. The van der Waals surface area contributed by atoms with E-state index in [1.807, 2.05) is 0 Å². The third-order valence-corrected chi connectivity index (χ3v) is 10.9. The highest BCUT2D eigenvalue weighted by atomic mass is 32.1. The van der Waals surface area contributed by atoms with E-state index < -0.39 is 0 Å². The summed E-state index contributed by atoms with van der Waals surface area (Å²) in [5.74, 6) is 4.38. The smallest absolute Gasteiger partial charge is 0.341 e. The Kier molecular flexibility index (Phi) is 5.94. The van der Waals surface area contributed by atoms with Gasteiger partial charge in [-0.15, -0.1) is 11.3 Å². The Hall–Kier alpha value is -1.18. The lowest BCUT2D eigenvalue weighted by molar-refractivity contribution is -0.0726. The van der Waals surface area contributed by atoms with Gasteiger partial charge in [-0.05, 0) is 98.7 Å². The number of nitrogens with one attached hydrogen (secondary N) is 1. The molecule has 4 bridgehead atoms. The minimum absolute atomic E-state index is 0.237. The van der Waals surface area contributed by atoms with Crippen molar-refractivity contribution in [2.75, 3.05) is 38.6 Å². The Morgan fingerprint density at radius 3 is 2.36 bits per heavy atom. The van der Waals surface area contributed by atoms with E-state index in [4.69, 9.17) is 17.0 Å². The van der Waals surface area contributed by atoms with Gasteiger partial charge in [-0.3, -0.25) is 4.90 Å². The van der Waals surface area contributed by atoms with Gasteiger partial charge >= 0.3 is 5.97 Å². The number of nitrogens with zero attached hydrogens (tertiary/aromatic N) is 2. The average Bonchev–Trinajstić information content (AvgIpc) is 3.15. The summed E-state index contributed by atoms with van der Waals surface area (Å²) in [6.45, 7) is 6.46. The number of carbonyl (C=O) groups is 1. The van der Waals surface area contributed by atoms with Crippen LogP contribution in [0.25, 0.3) is 0 Å². The third kappa shape index (κ3) is 4.02. The normalized spacial score (nSPS) is 35.4. The number of anilines is 1. The maximum absolute atomic E-state index is 12.6. The second kappa shape index (κ2) is 8.80. The number of thiocarbonyl (C=S) groups is 1. The fourth-order valence-electron chi connectivity index (χ4n) is 8.05. The van der Waals surface area contributed by atoms with Crippen molar-refractivity contribution in [3.63, 3.8) is 0 Å². The van der Waals surface area contributed by atoms with Crippen LogP contribution >= 0.6 is 23.6 Å². The number of thiophene rings is 1. The summed E-state index contributed by atoms with van der Waals surface area (Å²) in [6.07, 6.45) is 10.6. The highest BCUT2D eigenvalue weighted by Gasteiger charge is 2.50. The zero-order valence-electron chi connectivity index (χ0n) is 20.0. The number of carbonyl (C=O) groups excluding carboxylic acids is 1. The van der Waals surface area contributed by atoms with Crippen molar-refractivity contribution in [3.05, 3.63) is 16.0 Å². The maximum Gasteiger partial charge on any atom is 0.341 e. The SMILES string of the molecule is COC(=O)c1c(NC(=S)N2CCN(C3C4CC5CC(C4)CC3C5)CC2)sc2c1CCC(C)C2. The fourth-order valence-corrected chi connectivity index (χ4v) is 9.80. The van der Waals surface area contributed by atoms with Gasteiger partial charge < -0.3 is 15.0 Å². The van der Waals surface area contributed by atoms with E-state index in [-0.39, 0.29) is 5.97 Å². The van der Waals surface area contributed by atoms with Crippen LogP contribution in [0.15, 0.2) is 0 Å². The molecule has 4 saturated carbocycles. The largest absolute Gasteiger partial charge is 0.465 e. The molecule has 1 unspecified atom stereocenters. The predicted molar refractivity (Wildman–Crippen MR) is 137 cm³/mol. The molecule has 2 heterocycles. The van der Waals surface area contributed by atoms with Crippen molar-refractivity contribution in [1.82, 2.24) is 9.80 Å². The highest BCUT2D eigenvalue weighted by Crippen LogP contribution is 2.55. The van der Waals surface area contributed by atoms with Crippen LogP contribution in [-0.2, 0) is 17.6 Å². The number of hydrogen-bond donors (Lipinski definition) is 1. The molecule has 5 nitrogen and oxygen atoms in total. The summed E-state index contributed by atoms with van der Waals surface area (Å²) in [4.78, 5) is 19.1. The summed E-state index contributed by atoms with van der Waals surface area (Å²) < 4.78 is 5.15. The molecule has 33 heavy (non-hydrogen) atoms. The first kappa shape index (κ1) is 22.3. The molecule has 0 amide bonds. The first-order chi connectivity index (χ1) is 16.0. The summed E-state index contributed by atoms with van der Waals surface area (Å²) in [5, 5.41) is 5.11. The molecule has 1 aromatic rings. The van der Waals surface area contributed by atoms with E-state index in [2.05, 4.69) is 22.0 Å². The zero-order chi connectivity index (χ0) is 22.7. The Balaban J connectivity index is 1.11. The van der Waals surface area contributed by atoms with Crippen LogP contribution < -0.4 is 5.32 Å². The van der Waals surface area contributed by atoms with Crippen LogP contribution in [0, 0.1) is 29.6 Å². The van der Waals surface area contributed by atoms with Gasteiger partial charge in [0.1, 0.15) is 5.00 Å². The van der Waals surface area contributed by atoms with Crippen LogP contribution in [-0.4, -0.2) is 60.2 Å². The molecule has 0 radical (unpaired) electrons. The standard InChI is InChI=1S/C26H37N3O2S2/c1-15-3-4-20-21(9-15)33-24(22(20)25(30)31-2)27-26(32)29-7-5-28(6-8-29)23-18-11-16-10-17(13-18)14-19(23)12-16/h15-19,23H,3-14H2,1-2H3,(H,27,32). The molecule has 7 rings (SSSR count). The second-order valence-electron chi connectivity index (χ2n) is 11.4. The minimum atomic E-state index is -0.237. The zero-order valence-corrected chi connectivity index (χ0v) is 21.6. The van der Waals surface area contributed by atoms with Gasteiger partial charge in [-0.25, -0.2) is 4.79 Å². The molecule has 1 N–H and O–H groups in total. The van der Waals surface area contributed by atoms with Gasteiger partial charge in [0.15, 0.2) is 5.11 Å². The van der Waals surface area contributed by atoms with Crippen molar-refractivity contribution < 1.29 is 9.53 Å². The lowest BCUT2D eigenvalue weighted by atomic mass is 9.54. The van der Waals surface area contributed by atoms with Gasteiger partial charge in [0.25, 0.3) is 0 Å². The van der Waals surface area contributed by atoms with Crippen LogP contribution in [0.4, 0.5) is 5.00 Å². The highest BCUT2D eigenvalue weighted by molar-refractivity contribution is 7.80. The molecule has 0 spiro atoms. The first-order valence-electron chi connectivity index (χ1n) is 13.0. The summed E-state index contributed by atoms with van der Waals surface area (Å²) in [5.41, 5.74) is 1.90. The summed E-state index contributed by atoms with van der Waals surface area (Å²) in [7, 11) is 1.48. The van der Waals surface area contributed by atoms with E-state index in [1.54, 1.807) is 11.3 Å². The minimum Gasteiger partial charge on any atom is -0.465 e. The lowest BCUT2D eigenvalue weighted by Crippen LogP contribution is -2.60. The molecule has 0 aromatic carbocycles. The molecule has 6 aliphatic rings. The van der Waals surface area contributed by atoms with Crippen molar-refractivity contribution >= 4 is 39.6 Å². The van der Waals surface area contributed by atoms with Gasteiger partial charge in [0.2, 0.25) is 0 Å². The molecule has 5 aliphatic carbocycles. The average molecular weight is 488 g/mol. The van der Waals surface area contributed by atoms with Crippen molar-refractivity contribution in [3.8, 4) is 0 Å². The number of esters is 1. The maximum atomic E-state index is 12.6. The quantitative estimate of drug-likeness (QED) is 0.488. The number of ether oxygens (including phenoxy) is 1. The van der Waals surface area contributed by atoms with Crippen LogP contribution in [0.3, 0.4) is 0 Å². The van der Waals surface area contributed by atoms with Gasteiger partial charge in [0.05, 0.1) is 12.7 Å². The van der Waals surface area contributed by atoms with E-state index in [0.29, 0.717) is 5.92 Å². The molecule has 180 valence electrons. The molecule has 5 fully saturated rings. The van der Waals surface area contributed by atoms with Crippen molar-refractivity contribution in [2.24, 2.45) is 29.6 Å². The molecule has 1 saturated heterocycles. The van der Waals surface area contributed by atoms with E-state index in [0.717, 1.165) is 90.8 Å². The molecular weight excluding hydrogens is 450 g/mol. The molecular formula is C26H37N3O2S2. The number of piperazine rings is 1. The molecule has 7 heteroatoms. The molecule has 1 aromatic heterocycles. The number of hydrogen-bond acceptors (Lipinski definition) is 5. The predicted octanol–water partition coefficient (Wildman–Crippen LogP) is 4.80. The lowest BCUT2D eigenvalue weighted by Gasteiger charge is -2.58. The molecule has 1 aliphatic heterocycles. The van der Waals surface area contributed by atoms with E-state index >= 15 is 0 Å². The van der Waals surface area contributed by atoms with Gasteiger partial charge in [0, 0.05) is 37.1 Å². The third-order valence-electron chi connectivity index (χ3n) is 9.32. The number of fused-ring (bicyclic) bond motifs is 1. The molecule has 1 atom stereocenters. The van der Waals surface area contributed by atoms with Gasteiger partial charge in [-0.1, -0.05) is 6.92 Å². The topological polar surface area (TPSA) is 44.8 Å². The second-order valence-corrected chi connectivity index (χ2v) is 12.9. The van der Waals surface area contributed by atoms with Gasteiger partial charge in [-0.2, -0.15) is 0 Å². The summed E-state index contributed by atoms with van der Waals surface area (Å²) in [6, 6.07) is 0.818. The van der Waals surface area contributed by atoms with Crippen LogP contribution in [0.1, 0.15) is 66.2 Å². The van der Waals surface area contributed by atoms with Crippen LogP contribution in [0.2, 0.25) is 0 Å². The Morgan fingerprint density at radius 1 is 1.06 bits per heavy atom. The van der Waals surface area contributed by atoms with E-state index in [9.17, 15) is 4.79 Å². The Bertz CT molecular complexity index is 908.